The number of carbonyl (C=O) groups is 4. The summed E-state index contributed by atoms with van der Waals surface area (Å²) in [6, 6.07) is 6.47. The average molecular weight is 629 g/mol. The van der Waals surface area contributed by atoms with Crippen LogP contribution in [-0.4, -0.2) is 36.3 Å². The third kappa shape index (κ3) is 10.1. The molecule has 0 atom stereocenters. The molecule has 0 fully saturated rings. The number of benzene rings is 2. The topological polar surface area (TPSA) is 157 Å². The fraction of sp³-hybridized carbons (Fsp3) is 0.357. The van der Waals surface area contributed by atoms with Crippen LogP contribution in [0.4, 0.5) is 13.6 Å². The Labute approximate surface area is 249 Å². The number of halogens is 3. The maximum Gasteiger partial charge on any atom is 0.405 e. The number of carbonyl (C=O) groups excluding carboxylic acids is 4. The van der Waals surface area contributed by atoms with E-state index in [1.165, 1.54) is 0 Å². The number of amides is 2. The van der Waals surface area contributed by atoms with Crippen LogP contribution in [0.1, 0.15) is 66.6 Å². The van der Waals surface area contributed by atoms with Crippen molar-refractivity contribution in [2.45, 2.75) is 53.2 Å². The van der Waals surface area contributed by atoms with E-state index in [1.54, 1.807) is 39.0 Å². The van der Waals surface area contributed by atoms with Gasteiger partial charge in [-0.05, 0) is 51.0 Å². The molecule has 14 heteroatoms. The van der Waals surface area contributed by atoms with Crippen LogP contribution in [0.5, 0.6) is 5.75 Å². The summed E-state index contributed by atoms with van der Waals surface area (Å²) in [6.45, 7) is 7.93. The molecule has 3 rings (SSSR count). The zero-order chi connectivity index (χ0) is 31.8. The zero-order valence-corrected chi connectivity index (χ0v) is 25.1. The number of fused-ring (bicyclic) bond motifs is 1. The van der Waals surface area contributed by atoms with Crippen molar-refractivity contribution in [3.8, 4) is 5.75 Å². The number of nitrogens with two attached hydrogens (primary N) is 2. The molecule has 0 aliphatic heterocycles. The molecule has 10 nitrogen and oxygen atoms in total. The van der Waals surface area contributed by atoms with E-state index in [0.717, 1.165) is 23.5 Å². The normalized spacial score (nSPS) is 11.0. The van der Waals surface area contributed by atoms with Crippen molar-refractivity contribution in [2.24, 2.45) is 17.4 Å². The molecule has 0 aliphatic rings. The van der Waals surface area contributed by atoms with Crippen LogP contribution >= 0.6 is 22.9 Å². The summed E-state index contributed by atoms with van der Waals surface area (Å²) in [5.41, 5.74) is 9.20. The minimum absolute atomic E-state index is 0.0672. The lowest BCUT2D eigenvalue weighted by Gasteiger charge is -2.16. The molecule has 1 heterocycles. The van der Waals surface area contributed by atoms with Crippen LogP contribution in [-0.2, 0) is 25.6 Å². The van der Waals surface area contributed by atoms with Gasteiger partial charge in [-0.15, -0.1) is 11.3 Å². The highest BCUT2D eigenvalue weighted by molar-refractivity contribution is 7.21. The second-order valence-electron chi connectivity index (χ2n) is 10.1. The minimum atomic E-state index is -1.14. The van der Waals surface area contributed by atoms with Gasteiger partial charge in [0.15, 0.2) is 17.4 Å². The first-order chi connectivity index (χ1) is 19.5. The summed E-state index contributed by atoms with van der Waals surface area (Å²) < 4.78 is 49.2. The molecule has 0 bridgehead atoms. The van der Waals surface area contributed by atoms with E-state index in [9.17, 15) is 28.0 Å². The average Bonchev–Trinajstić information content (AvgIpc) is 3.21. The maximum atomic E-state index is 14.3. The third-order valence-electron chi connectivity index (χ3n) is 4.98. The van der Waals surface area contributed by atoms with Crippen LogP contribution in [0.3, 0.4) is 0 Å². The van der Waals surface area contributed by atoms with Gasteiger partial charge in [0, 0.05) is 32.7 Å². The van der Waals surface area contributed by atoms with Gasteiger partial charge in [0.25, 0.3) is 0 Å². The Balaban J connectivity index is 0.000000675. The Hall–Kier alpha value is -3.97. The van der Waals surface area contributed by atoms with Crippen molar-refractivity contribution in [3.63, 3.8) is 0 Å². The molecule has 0 saturated heterocycles. The highest BCUT2D eigenvalue weighted by Gasteiger charge is 2.24. The van der Waals surface area contributed by atoms with Crippen molar-refractivity contribution >= 4 is 57.0 Å². The van der Waals surface area contributed by atoms with Crippen molar-refractivity contribution in [1.82, 2.24) is 0 Å². The van der Waals surface area contributed by atoms with Crippen LogP contribution < -0.4 is 16.2 Å². The Morgan fingerprint density at radius 3 is 2.14 bits per heavy atom. The third-order valence-corrected chi connectivity index (χ3v) is 6.48. The Kier molecular flexibility index (Phi) is 12.0. The van der Waals surface area contributed by atoms with Gasteiger partial charge in [0.05, 0.1) is 0 Å². The summed E-state index contributed by atoms with van der Waals surface area (Å²) in [5.74, 6) is -5.29. The quantitative estimate of drug-likeness (QED) is 0.213. The molecular weight excluding hydrogens is 598 g/mol. The first-order valence-corrected chi connectivity index (χ1v) is 13.6. The van der Waals surface area contributed by atoms with Gasteiger partial charge >= 0.3 is 18.0 Å². The summed E-state index contributed by atoms with van der Waals surface area (Å²) >= 11 is 7.34. The van der Waals surface area contributed by atoms with Gasteiger partial charge in [-0.3, -0.25) is 9.59 Å². The lowest BCUT2D eigenvalue weighted by Crippen LogP contribution is -2.27. The molecule has 0 saturated carbocycles. The molecule has 1 aromatic heterocycles. The Morgan fingerprint density at radius 2 is 1.64 bits per heavy atom. The minimum Gasteiger partial charge on any atom is -0.483 e. The molecule has 3 aromatic rings. The smallest absolute Gasteiger partial charge is 0.405 e. The van der Waals surface area contributed by atoms with Gasteiger partial charge in [0.2, 0.25) is 12.7 Å². The predicted molar refractivity (Wildman–Crippen MR) is 152 cm³/mol. The largest absolute Gasteiger partial charge is 0.483 e. The fourth-order valence-electron chi connectivity index (χ4n) is 3.36. The molecule has 0 radical (unpaired) electrons. The number of hydrogen-bond acceptors (Lipinski definition) is 9. The van der Waals surface area contributed by atoms with Gasteiger partial charge in [0.1, 0.15) is 17.1 Å². The van der Waals surface area contributed by atoms with E-state index in [0.29, 0.717) is 15.1 Å². The van der Waals surface area contributed by atoms with Crippen LogP contribution in [0.15, 0.2) is 30.3 Å². The van der Waals surface area contributed by atoms with E-state index >= 15 is 0 Å². The lowest BCUT2D eigenvalue weighted by molar-refractivity contribution is -0.153. The van der Waals surface area contributed by atoms with Crippen LogP contribution in [0, 0.1) is 17.6 Å². The van der Waals surface area contributed by atoms with Gasteiger partial charge < -0.3 is 30.4 Å². The highest BCUT2D eigenvalue weighted by atomic mass is 35.5. The van der Waals surface area contributed by atoms with E-state index < -0.39 is 60.3 Å². The molecule has 0 spiro atoms. The van der Waals surface area contributed by atoms with Gasteiger partial charge in [-0.25, -0.2) is 18.4 Å². The monoisotopic (exact) mass is 628 g/mol. The molecule has 2 aromatic carbocycles. The number of ether oxygens (including phenoxy) is 4. The van der Waals surface area contributed by atoms with Crippen molar-refractivity contribution in [2.75, 3.05) is 6.79 Å². The van der Waals surface area contributed by atoms with Gasteiger partial charge in [-0.2, -0.15) is 0 Å². The van der Waals surface area contributed by atoms with Crippen molar-refractivity contribution in [1.29, 1.82) is 0 Å². The number of primary amides is 2. The number of esters is 2. The van der Waals surface area contributed by atoms with E-state index in [1.807, 2.05) is 13.8 Å². The maximum absolute atomic E-state index is 14.3. The predicted octanol–water partition coefficient (Wildman–Crippen LogP) is 6.09. The van der Waals surface area contributed by atoms with E-state index in [2.05, 4.69) is 4.74 Å². The molecule has 0 aliphatic carbocycles. The molecule has 0 unspecified atom stereocenters. The number of rotatable bonds is 9. The summed E-state index contributed by atoms with van der Waals surface area (Å²) in [6.07, 6.45) is -0.557. The standard InChI is InChI=1S/C23H20ClF2NO6S.C5H11NO2/c1-11(2)6-18(28)32-10-33-23(30)21-13(19-14(24)4-3-5-17(19)34-21)9-31-20-15(25)7-12(22(27)29)8-16(20)26;1-5(2,3)8-4(6)7/h3-5,7-8,11H,6,9-10H2,1-2H3,(H2,27,29);1-3H3,(H2,6,7). The highest BCUT2D eigenvalue weighted by Crippen LogP contribution is 2.37. The second-order valence-corrected chi connectivity index (χ2v) is 11.6. The number of thiophene rings is 1. The lowest BCUT2D eigenvalue weighted by atomic mass is 10.1. The van der Waals surface area contributed by atoms with E-state index in [-0.39, 0.29) is 28.3 Å². The Bertz CT molecular complexity index is 1450. The molecule has 2 amide bonds. The second kappa shape index (κ2) is 14.8. The molecular formula is C28H31ClF2N2O8S. The first-order valence-electron chi connectivity index (χ1n) is 12.4. The molecule has 42 heavy (non-hydrogen) atoms. The van der Waals surface area contributed by atoms with Crippen LogP contribution in [0.2, 0.25) is 5.02 Å². The summed E-state index contributed by atoms with van der Waals surface area (Å²) in [5, 5.41) is 0.743. The SMILES string of the molecule is CC(C)(C)OC(N)=O.CC(C)CC(=O)OCOC(=O)c1sc2cccc(Cl)c2c1COc1c(F)cc(C(N)=O)cc1F. The van der Waals surface area contributed by atoms with E-state index in [4.69, 9.17) is 37.3 Å². The summed E-state index contributed by atoms with van der Waals surface area (Å²) in [7, 11) is 0. The number of hydrogen-bond donors (Lipinski definition) is 2. The fourth-order valence-corrected chi connectivity index (χ4v) is 4.84. The summed E-state index contributed by atoms with van der Waals surface area (Å²) in [4.78, 5) is 45.7. The van der Waals surface area contributed by atoms with Crippen molar-refractivity contribution in [3.05, 3.63) is 63.0 Å². The molecule has 228 valence electrons. The zero-order valence-electron chi connectivity index (χ0n) is 23.5. The Morgan fingerprint density at radius 1 is 1.02 bits per heavy atom. The van der Waals surface area contributed by atoms with Crippen LogP contribution in [0.25, 0.3) is 10.1 Å². The van der Waals surface area contributed by atoms with Gasteiger partial charge in [-0.1, -0.05) is 31.5 Å². The molecule has 4 N–H and O–H groups in total. The first kappa shape index (κ1) is 34.2. The van der Waals surface area contributed by atoms with Crippen molar-refractivity contribution < 1.29 is 46.9 Å².